The topological polar surface area (TPSA) is 42.4 Å². The summed E-state index contributed by atoms with van der Waals surface area (Å²) >= 11 is 6.30. The van der Waals surface area contributed by atoms with Crippen molar-refractivity contribution in [2.24, 2.45) is 11.8 Å². The number of para-hydroxylation sites is 1. The first kappa shape index (κ1) is 21.2. The third kappa shape index (κ3) is 4.05. The number of fused-ring (bicyclic) bond motifs is 4. The first-order valence-electron chi connectivity index (χ1n) is 11.3. The van der Waals surface area contributed by atoms with Crippen molar-refractivity contribution in [2.45, 2.75) is 31.4 Å². The van der Waals surface area contributed by atoms with Crippen LogP contribution in [-0.4, -0.2) is 35.0 Å². The molecule has 4 heterocycles. The average molecular weight is 447 g/mol. The van der Waals surface area contributed by atoms with Crippen molar-refractivity contribution < 1.29 is 9.53 Å². The van der Waals surface area contributed by atoms with Crippen LogP contribution in [0.15, 0.2) is 73.4 Å². The summed E-state index contributed by atoms with van der Waals surface area (Å²) in [6, 6.07) is 17.7. The number of piperidine rings is 3. The minimum absolute atomic E-state index is 0.144. The molecule has 32 heavy (non-hydrogen) atoms. The van der Waals surface area contributed by atoms with Crippen LogP contribution in [-0.2, 0) is 16.0 Å². The molecule has 2 bridgehead atoms. The van der Waals surface area contributed by atoms with Gasteiger partial charge in [0.2, 0.25) is 0 Å². The van der Waals surface area contributed by atoms with Gasteiger partial charge >= 0.3 is 5.97 Å². The molecule has 0 saturated carbocycles. The molecule has 0 aliphatic carbocycles. The molecule has 164 valence electrons. The molecule has 6 rings (SSSR count). The third-order valence-corrected chi connectivity index (χ3v) is 7.41. The Morgan fingerprint density at radius 1 is 1.22 bits per heavy atom. The highest BCUT2D eigenvalue weighted by Crippen LogP contribution is 2.43. The van der Waals surface area contributed by atoms with E-state index in [1.807, 2.05) is 48.7 Å². The molecule has 5 heteroatoms. The quantitative estimate of drug-likeness (QED) is 0.364. The van der Waals surface area contributed by atoms with Gasteiger partial charge in [-0.1, -0.05) is 54.1 Å². The fraction of sp³-hybridized carbons (Fsp3) is 0.333. The van der Waals surface area contributed by atoms with Crippen molar-refractivity contribution in [3.05, 3.63) is 89.6 Å². The fourth-order valence-corrected chi connectivity index (χ4v) is 5.59. The molecular weight excluding hydrogens is 420 g/mol. The van der Waals surface area contributed by atoms with Gasteiger partial charge in [-0.25, -0.2) is 0 Å². The molecule has 3 aliphatic heterocycles. The standard InChI is InChI=1S/C27H27ClN2O2/c1-2-18-17-30-14-12-19(18)15-25(30)27(22-11-13-29-24-10-6-4-8-21(22)24)32-26(31)16-20-7-3-5-9-23(20)28/h2-11,13,18-19,25,27H,1,12,14-17H2/t18-,19-,25+,27-/m0/s1. The van der Waals surface area contributed by atoms with E-state index in [-0.39, 0.29) is 24.5 Å². The monoisotopic (exact) mass is 446 g/mol. The minimum atomic E-state index is -0.355. The highest BCUT2D eigenvalue weighted by molar-refractivity contribution is 6.31. The summed E-state index contributed by atoms with van der Waals surface area (Å²) in [7, 11) is 0. The van der Waals surface area contributed by atoms with Crippen LogP contribution in [0.5, 0.6) is 0 Å². The molecule has 0 N–H and O–H groups in total. The molecule has 3 aromatic rings. The van der Waals surface area contributed by atoms with Crippen LogP contribution in [0.4, 0.5) is 0 Å². The third-order valence-electron chi connectivity index (χ3n) is 7.04. The van der Waals surface area contributed by atoms with E-state index in [9.17, 15) is 4.79 Å². The molecule has 1 unspecified atom stereocenters. The van der Waals surface area contributed by atoms with E-state index in [1.54, 1.807) is 6.07 Å². The van der Waals surface area contributed by atoms with Crippen molar-refractivity contribution >= 4 is 28.5 Å². The van der Waals surface area contributed by atoms with Gasteiger partial charge in [-0.3, -0.25) is 14.7 Å². The van der Waals surface area contributed by atoms with Gasteiger partial charge in [-0.2, -0.15) is 0 Å². The van der Waals surface area contributed by atoms with Crippen LogP contribution in [0, 0.1) is 11.8 Å². The van der Waals surface area contributed by atoms with Crippen molar-refractivity contribution in [1.82, 2.24) is 9.88 Å². The molecule has 0 spiro atoms. The van der Waals surface area contributed by atoms with E-state index in [2.05, 4.69) is 28.6 Å². The zero-order valence-corrected chi connectivity index (χ0v) is 18.7. The highest BCUT2D eigenvalue weighted by atomic mass is 35.5. The van der Waals surface area contributed by atoms with Crippen LogP contribution in [0.2, 0.25) is 5.02 Å². The van der Waals surface area contributed by atoms with Gasteiger partial charge in [0.15, 0.2) is 0 Å². The smallest absolute Gasteiger partial charge is 0.310 e. The van der Waals surface area contributed by atoms with Crippen LogP contribution >= 0.6 is 11.6 Å². The maximum Gasteiger partial charge on any atom is 0.310 e. The van der Waals surface area contributed by atoms with Gasteiger partial charge in [0.1, 0.15) is 6.10 Å². The molecule has 3 aliphatic rings. The second-order valence-corrected chi connectivity index (χ2v) is 9.25. The van der Waals surface area contributed by atoms with E-state index in [4.69, 9.17) is 16.3 Å². The lowest BCUT2D eigenvalue weighted by atomic mass is 9.73. The second-order valence-electron chi connectivity index (χ2n) is 8.84. The zero-order chi connectivity index (χ0) is 22.1. The summed E-state index contributed by atoms with van der Waals surface area (Å²) in [5.74, 6) is 0.834. The van der Waals surface area contributed by atoms with Gasteiger partial charge in [-0.15, -0.1) is 6.58 Å². The van der Waals surface area contributed by atoms with Gasteiger partial charge in [0, 0.05) is 28.7 Å². The van der Waals surface area contributed by atoms with Gasteiger partial charge < -0.3 is 4.74 Å². The Labute approximate surface area is 193 Å². The minimum Gasteiger partial charge on any atom is -0.456 e. The SMILES string of the molecule is C=C[C@H]1CN2CC[C@H]1C[C@@H]2[C@@H](OC(=O)Cc1ccccc1Cl)c1ccnc2ccccc12. The Morgan fingerprint density at radius 2 is 2.03 bits per heavy atom. The lowest BCUT2D eigenvalue weighted by molar-refractivity contribution is -0.156. The Morgan fingerprint density at radius 3 is 2.81 bits per heavy atom. The molecule has 5 atom stereocenters. The Bertz CT molecular complexity index is 1140. The number of hydrogen-bond acceptors (Lipinski definition) is 4. The Kier molecular flexibility index (Phi) is 5.99. The van der Waals surface area contributed by atoms with Gasteiger partial charge in [-0.05, 0) is 55.0 Å². The van der Waals surface area contributed by atoms with Crippen molar-refractivity contribution in [3.8, 4) is 0 Å². The summed E-state index contributed by atoms with van der Waals surface area (Å²) in [4.78, 5) is 20.1. The van der Waals surface area contributed by atoms with Crippen LogP contribution in [0.1, 0.15) is 30.1 Å². The summed E-state index contributed by atoms with van der Waals surface area (Å²) in [5, 5.41) is 1.62. The number of aromatic nitrogens is 1. The number of ether oxygens (including phenoxy) is 1. The summed E-state index contributed by atoms with van der Waals surface area (Å²) in [5.41, 5.74) is 2.72. The number of halogens is 1. The van der Waals surface area contributed by atoms with Crippen LogP contribution in [0.25, 0.3) is 10.9 Å². The molecule has 0 radical (unpaired) electrons. The summed E-state index contributed by atoms with van der Waals surface area (Å²) in [6.07, 6.45) is 5.88. The lowest BCUT2D eigenvalue weighted by Crippen LogP contribution is -2.55. The van der Waals surface area contributed by atoms with E-state index < -0.39 is 0 Å². The van der Waals surface area contributed by atoms with Crippen molar-refractivity contribution in [1.29, 1.82) is 0 Å². The maximum absolute atomic E-state index is 13.1. The molecule has 3 fully saturated rings. The van der Waals surface area contributed by atoms with Gasteiger partial charge in [0.25, 0.3) is 0 Å². The largest absolute Gasteiger partial charge is 0.456 e. The number of benzene rings is 2. The van der Waals surface area contributed by atoms with Gasteiger partial charge in [0.05, 0.1) is 18.0 Å². The summed E-state index contributed by atoms with van der Waals surface area (Å²) in [6.45, 7) is 6.04. The Hall–Kier alpha value is -2.69. The molecule has 1 aromatic heterocycles. The number of carbonyl (C=O) groups excluding carboxylic acids is 1. The first-order chi connectivity index (χ1) is 15.6. The fourth-order valence-electron chi connectivity index (χ4n) is 5.39. The first-order valence-corrected chi connectivity index (χ1v) is 11.6. The normalized spacial score (nSPS) is 25.4. The van der Waals surface area contributed by atoms with Crippen LogP contribution < -0.4 is 0 Å². The van der Waals surface area contributed by atoms with E-state index in [0.29, 0.717) is 16.9 Å². The number of hydrogen-bond donors (Lipinski definition) is 0. The summed E-state index contributed by atoms with van der Waals surface area (Å²) < 4.78 is 6.27. The molecular formula is C27H27ClN2O2. The highest BCUT2D eigenvalue weighted by Gasteiger charge is 2.44. The predicted molar refractivity (Wildman–Crippen MR) is 128 cm³/mol. The maximum atomic E-state index is 13.1. The molecule has 0 amide bonds. The number of rotatable bonds is 6. The van der Waals surface area contributed by atoms with E-state index in [0.717, 1.165) is 41.5 Å². The van der Waals surface area contributed by atoms with Crippen LogP contribution in [0.3, 0.4) is 0 Å². The molecule has 3 saturated heterocycles. The second kappa shape index (κ2) is 9.05. The van der Waals surface area contributed by atoms with E-state index in [1.165, 1.54) is 6.42 Å². The van der Waals surface area contributed by atoms with E-state index >= 15 is 0 Å². The van der Waals surface area contributed by atoms with Crippen molar-refractivity contribution in [3.63, 3.8) is 0 Å². The zero-order valence-electron chi connectivity index (χ0n) is 18.0. The molecule has 4 nitrogen and oxygen atoms in total. The molecule has 2 aromatic carbocycles. The Balaban J connectivity index is 1.49. The number of carbonyl (C=O) groups is 1. The number of nitrogens with zero attached hydrogens (tertiary/aromatic N) is 2. The number of esters is 1. The number of pyridine rings is 1. The average Bonchev–Trinajstić information content (AvgIpc) is 2.84. The van der Waals surface area contributed by atoms with Crippen molar-refractivity contribution in [2.75, 3.05) is 13.1 Å². The lowest BCUT2D eigenvalue weighted by Gasteiger charge is -2.51. The predicted octanol–water partition coefficient (Wildman–Crippen LogP) is 5.61.